The van der Waals surface area contributed by atoms with Crippen molar-refractivity contribution >= 4 is 43.5 Å². The lowest BCUT2D eigenvalue weighted by Crippen LogP contribution is -1.86. The number of benzene rings is 2. The van der Waals surface area contributed by atoms with Crippen molar-refractivity contribution in [2.45, 2.75) is 0 Å². The summed E-state index contributed by atoms with van der Waals surface area (Å²) in [5.41, 5.74) is 0.430. The van der Waals surface area contributed by atoms with Gasteiger partial charge < -0.3 is 4.74 Å². The monoisotopic (exact) mass is 385 g/mol. The van der Waals surface area contributed by atoms with Gasteiger partial charge in [0.25, 0.3) is 0 Å². The molecule has 0 unspecified atom stereocenters. The van der Waals surface area contributed by atoms with Crippen LogP contribution in [0.5, 0.6) is 11.5 Å². The fourth-order valence-electron chi connectivity index (χ4n) is 1.33. The Bertz CT molecular complexity index is 637. The van der Waals surface area contributed by atoms with Crippen LogP contribution in [0.4, 0.5) is 0 Å². The summed E-state index contributed by atoms with van der Waals surface area (Å²) in [7, 11) is 0. The summed E-state index contributed by atoms with van der Waals surface area (Å²) in [6.45, 7) is 0. The summed E-state index contributed by atoms with van der Waals surface area (Å²) in [6.07, 6.45) is 0. The highest BCUT2D eigenvalue weighted by atomic mass is 79.9. The van der Waals surface area contributed by atoms with Crippen LogP contribution in [0.1, 0.15) is 5.56 Å². The van der Waals surface area contributed by atoms with Crippen molar-refractivity contribution in [2.75, 3.05) is 0 Å². The Balaban J connectivity index is 2.29. The van der Waals surface area contributed by atoms with Gasteiger partial charge in [-0.15, -0.1) is 0 Å². The SMILES string of the molecule is N#Cc1ccc(Oc2ccc(Br)cc2Br)cc1Cl. The van der Waals surface area contributed by atoms with Crippen LogP contribution >= 0.6 is 43.5 Å². The minimum Gasteiger partial charge on any atom is -0.456 e. The molecule has 0 aliphatic carbocycles. The third-order valence-corrected chi connectivity index (χ3v) is 3.61. The summed E-state index contributed by atoms with van der Waals surface area (Å²) in [6, 6.07) is 12.6. The van der Waals surface area contributed by atoms with Crippen LogP contribution in [0.2, 0.25) is 5.02 Å². The maximum Gasteiger partial charge on any atom is 0.141 e. The summed E-state index contributed by atoms with van der Waals surface area (Å²) in [5.74, 6) is 1.26. The molecule has 5 heteroatoms. The second-order valence-corrected chi connectivity index (χ2v) is 5.61. The molecule has 0 aromatic heterocycles. The summed E-state index contributed by atoms with van der Waals surface area (Å²) < 4.78 is 7.47. The van der Waals surface area contributed by atoms with Crippen LogP contribution in [-0.4, -0.2) is 0 Å². The molecule has 0 aliphatic heterocycles. The van der Waals surface area contributed by atoms with Gasteiger partial charge in [-0.25, -0.2) is 0 Å². The molecule has 0 bridgehead atoms. The van der Waals surface area contributed by atoms with Gasteiger partial charge in [-0.3, -0.25) is 0 Å². The molecule has 0 fully saturated rings. The molecule has 0 saturated carbocycles. The van der Waals surface area contributed by atoms with Gasteiger partial charge in [-0.2, -0.15) is 5.26 Å². The first kappa shape index (κ1) is 13.4. The smallest absolute Gasteiger partial charge is 0.141 e. The van der Waals surface area contributed by atoms with Gasteiger partial charge in [-0.1, -0.05) is 27.5 Å². The Kier molecular flexibility index (Phi) is 4.28. The predicted octanol–water partition coefficient (Wildman–Crippen LogP) is 5.53. The second kappa shape index (κ2) is 5.75. The molecule has 2 nitrogen and oxygen atoms in total. The largest absolute Gasteiger partial charge is 0.456 e. The third-order valence-electron chi connectivity index (χ3n) is 2.18. The summed E-state index contributed by atoms with van der Waals surface area (Å²) >= 11 is 12.7. The van der Waals surface area contributed by atoms with Crippen molar-refractivity contribution in [1.82, 2.24) is 0 Å². The zero-order valence-corrected chi connectivity index (χ0v) is 12.9. The molecule has 0 spiro atoms. The van der Waals surface area contributed by atoms with Crippen LogP contribution in [0.25, 0.3) is 0 Å². The highest BCUT2D eigenvalue weighted by molar-refractivity contribution is 9.11. The van der Waals surface area contributed by atoms with E-state index in [9.17, 15) is 0 Å². The normalized spacial score (nSPS) is 9.89. The first-order valence-electron chi connectivity index (χ1n) is 4.92. The van der Waals surface area contributed by atoms with Crippen molar-refractivity contribution in [3.05, 3.63) is 55.9 Å². The van der Waals surface area contributed by atoms with E-state index in [-0.39, 0.29) is 0 Å². The predicted molar refractivity (Wildman–Crippen MR) is 78.1 cm³/mol. The van der Waals surface area contributed by atoms with E-state index in [4.69, 9.17) is 21.6 Å². The van der Waals surface area contributed by atoms with Crippen LogP contribution in [0.15, 0.2) is 45.3 Å². The Labute approximate surface area is 126 Å². The molecule has 0 heterocycles. The first-order valence-corrected chi connectivity index (χ1v) is 6.89. The number of rotatable bonds is 2. The van der Waals surface area contributed by atoms with Crippen LogP contribution < -0.4 is 4.74 Å². The summed E-state index contributed by atoms with van der Waals surface area (Å²) in [4.78, 5) is 0. The molecular weight excluding hydrogens is 381 g/mol. The Morgan fingerprint density at radius 1 is 1.11 bits per heavy atom. The van der Waals surface area contributed by atoms with Crippen LogP contribution in [0, 0.1) is 11.3 Å². The molecule has 0 atom stereocenters. The summed E-state index contributed by atoms with van der Waals surface area (Å²) in [5, 5.41) is 9.16. The maximum absolute atomic E-state index is 8.79. The van der Waals surface area contributed by atoms with Crippen molar-refractivity contribution in [1.29, 1.82) is 5.26 Å². The molecule has 0 saturated heterocycles. The first-order chi connectivity index (χ1) is 8.60. The quantitative estimate of drug-likeness (QED) is 0.679. The topological polar surface area (TPSA) is 33.0 Å². The molecular formula is C13H6Br2ClNO. The van der Waals surface area contributed by atoms with Gasteiger partial charge in [0.05, 0.1) is 15.1 Å². The lowest BCUT2D eigenvalue weighted by atomic mass is 10.2. The van der Waals surface area contributed by atoms with E-state index in [1.807, 2.05) is 24.3 Å². The van der Waals surface area contributed by atoms with Gasteiger partial charge >= 0.3 is 0 Å². The highest BCUT2D eigenvalue weighted by Gasteiger charge is 2.06. The Morgan fingerprint density at radius 2 is 1.89 bits per heavy atom. The average Bonchev–Trinajstić information content (AvgIpc) is 2.33. The standard InChI is InChI=1S/C13H6Br2ClNO/c14-9-2-4-13(11(15)5-9)18-10-3-1-8(7-17)12(16)6-10/h1-6H. The number of ether oxygens (including phenoxy) is 1. The van der Waals surface area contributed by atoms with E-state index in [0.717, 1.165) is 8.95 Å². The fraction of sp³-hybridized carbons (Fsp3) is 0. The Hall–Kier alpha value is -1.02. The zero-order chi connectivity index (χ0) is 13.1. The number of hydrogen-bond acceptors (Lipinski definition) is 2. The van der Waals surface area contributed by atoms with Crippen molar-refractivity contribution < 1.29 is 4.74 Å². The molecule has 2 aromatic carbocycles. The number of nitrogens with zero attached hydrogens (tertiary/aromatic N) is 1. The zero-order valence-electron chi connectivity index (χ0n) is 8.95. The van der Waals surface area contributed by atoms with Gasteiger partial charge in [0, 0.05) is 10.5 Å². The van der Waals surface area contributed by atoms with E-state index >= 15 is 0 Å². The molecule has 0 radical (unpaired) electrons. The lowest BCUT2D eigenvalue weighted by Gasteiger charge is -2.08. The molecule has 2 rings (SSSR count). The van der Waals surface area contributed by atoms with Crippen molar-refractivity contribution in [2.24, 2.45) is 0 Å². The number of hydrogen-bond donors (Lipinski definition) is 0. The maximum atomic E-state index is 8.79. The number of nitriles is 1. The van der Waals surface area contributed by atoms with E-state index < -0.39 is 0 Å². The van der Waals surface area contributed by atoms with Crippen molar-refractivity contribution in [3.8, 4) is 17.6 Å². The minimum atomic E-state index is 0.378. The molecule has 18 heavy (non-hydrogen) atoms. The fourth-order valence-corrected chi connectivity index (χ4v) is 2.68. The van der Waals surface area contributed by atoms with Crippen LogP contribution in [-0.2, 0) is 0 Å². The molecule has 90 valence electrons. The molecule has 0 N–H and O–H groups in total. The number of halogens is 3. The second-order valence-electron chi connectivity index (χ2n) is 3.43. The Morgan fingerprint density at radius 3 is 2.50 bits per heavy atom. The van der Waals surface area contributed by atoms with E-state index in [1.165, 1.54) is 0 Å². The van der Waals surface area contributed by atoms with Gasteiger partial charge in [0.1, 0.15) is 17.6 Å². The molecule has 0 amide bonds. The molecule has 0 aliphatic rings. The highest BCUT2D eigenvalue weighted by Crippen LogP contribution is 2.33. The minimum absolute atomic E-state index is 0.378. The van der Waals surface area contributed by atoms with E-state index in [0.29, 0.717) is 22.1 Å². The van der Waals surface area contributed by atoms with Crippen LogP contribution in [0.3, 0.4) is 0 Å². The lowest BCUT2D eigenvalue weighted by molar-refractivity contribution is 0.479. The van der Waals surface area contributed by atoms with Gasteiger partial charge in [0.2, 0.25) is 0 Å². The average molecular weight is 387 g/mol. The van der Waals surface area contributed by atoms with E-state index in [1.54, 1.807) is 18.2 Å². The van der Waals surface area contributed by atoms with Crippen molar-refractivity contribution in [3.63, 3.8) is 0 Å². The van der Waals surface area contributed by atoms with E-state index in [2.05, 4.69) is 31.9 Å². The molecule has 2 aromatic rings. The van der Waals surface area contributed by atoms with Gasteiger partial charge in [-0.05, 0) is 46.3 Å². The van der Waals surface area contributed by atoms with Gasteiger partial charge in [0.15, 0.2) is 0 Å². The third kappa shape index (κ3) is 3.05.